The minimum absolute atomic E-state index is 0.101. The van der Waals surface area contributed by atoms with Gasteiger partial charge in [-0.1, -0.05) is 17.7 Å². The summed E-state index contributed by atoms with van der Waals surface area (Å²) in [6.07, 6.45) is -4.33. The van der Waals surface area contributed by atoms with Crippen LogP contribution in [0.5, 0.6) is 5.75 Å². The second-order valence-corrected chi connectivity index (χ2v) is 6.28. The molecule has 3 rings (SSSR count). The van der Waals surface area contributed by atoms with Crippen LogP contribution in [0.4, 0.5) is 18.9 Å². The van der Waals surface area contributed by atoms with Crippen molar-refractivity contribution in [1.29, 1.82) is 0 Å². The third-order valence-corrected chi connectivity index (χ3v) is 4.33. The van der Waals surface area contributed by atoms with E-state index < -0.39 is 23.7 Å². The summed E-state index contributed by atoms with van der Waals surface area (Å²) < 4.78 is 44.5. The zero-order chi connectivity index (χ0) is 18.9. The Balaban J connectivity index is 2.05. The van der Waals surface area contributed by atoms with Crippen molar-refractivity contribution < 1.29 is 27.8 Å². The second-order valence-electron chi connectivity index (χ2n) is 5.84. The van der Waals surface area contributed by atoms with Gasteiger partial charge in [-0.3, -0.25) is 9.69 Å². The molecule has 0 aliphatic carbocycles. The molecule has 0 fully saturated rings. The summed E-state index contributed by atoms with van der Waals surface area (Å²) >= 11 is 6.01. The predicted octanol–water partition coefficient (Wildman–Crippen LogP) is 4.15. The van der Waals surface area contributed by atoms with Crippen LogP contribution in [0.3, 0.4) is 0 Å². The van der Waals surface area contributed by atoms with Gasteiger partial charge < -0.3 is 9.84 Å². The Morgan fingerprint density at radius 3 is 2.73 bits per heavy atom. The number of aliphatic hydroxyl groups is 1. The number of carbonyl (C=O) groups excluding carboxylic acids is 1. The van der Waals surface area contributed by atoms with Crippen molar-refractivity contribution in [3.63, 3.8) is 0 Å². The Hall–Kier alpha value is -2.25. The number of amides is 1. The highest BCUT2D eigenvalue weighted by Crippen LogP contribution is 2.38. The van der Waals surface area contributed by atoms with Crippen molar-refractivity contribution in [2.24, 2.45) is 0 Å². The van der Waals surface area contributed by atoms with Gasteiger partial charge >= 0.3 is 6.18 Å². The molecule has 1 atom stereocenters. The summed E-state index contributed by atoms with van der Waals surface area (Å²) in [5, 5.41) is 9.63. The quantitative estimate of drug-likeness (QED) is 0.863. The molecule has 1 N–H and O–H groups in total. The van der Waals surface area contributed by atoms with E-state index in [1.54, 1.807) is 12.1 Å². The molecular weight excluding hydrogens is 371 g/mol. The van der Waals surface area contributed by atoms with Crippen molar-refractivity contribution >= 4 is 23.2 Å². The Bertz CT molecular complexity index is 826. The van der Waals surface area contributed by atoms with Crippen molar-refractivity contribution in [1.82, 2.24) is 0 Å². The standard InChI is InChI=1S/C18H15ClF3NO3/c19-13-4-5-16-15(9-13)23(14(6-7-24)10-26-16)17(25)11-2-1-3-12(8-11)18(20,21)22/h1-5,8-9,14,24H,6-7,10H2. The molecule has 4 nitrogen and oxygen atoms in total. The van der Waals surface area contributed by atoms with E-state index in [0.29, 0.717) is 16.5 Å². The highest BCUT2D eigenvalue weighted by atomic mass is 35.5. The van der Waals surface area contributed by atoms with E-state index in [4.69, 9.17) is 16.3 Å². The van der Waals surface area contributed by atoms with Crippen LogP contribution in [-0.4, -0.2) is 30.3 Å². The lowest BCUT2D eigenvalue weighted by Gasteiger charge is -2.37. The molecule has 1 amide bonds. The molecule has 2 aromatic carbocycles. The van der Waals surface area contributed by atoms with Crippen molar-refractivity contribution in [3.8, 4) is 5.75 Å². The number of carbonyl (C=O) groups is 1. The molecule has 0 spiro atoms. The SMILES string of the molecule is O=C(c1cccc(C(F)(F)F)c1)N1c2cc(Cl)ccc2OCC1CCO. The summed E-state index contributed by atoms with van der Waals surface area (Å²) in [6.45, 7) is -0.0732. The van der Waals surface area contributed by atoms with Gasteiger partial charge in [0, 0.05) is 17.2 Å². The van der Waals surface area contributed by atoms with Gasteiger partial charge in [0.1, 0.15) is 12.4 Å². The molecule has 138 valence electrons. The fraction of sp³-hybridized carbons (Fsp3) is 0.278. The number of anilines is 1. The molecule has 1 aliphatic heterocycles. The van der Waals surface area contributed by atoms with Gasteiger partial charge in [-0.05, 0) is 42.8 Å². The molecule has 8 heteroatoms. The predicted molar refractivity (Wildman–Crippen MR) is 90.7 cm³/mol. The first-order chi connectivity index (χ1) is 12.3. The van der Waals surface area contributed by atoms with Crippen LogP contribution in [-0.2, 0) is 6.18 Å². The van der Waals surface area contributed by atoms with Crippen molar-refractivity contribution in [2.75, 3.05) is 18.1 Å². The van der Waals surface area contributed by atoms with E-state index in [2.05, 4.69) is 0 Å². The molecular formula is C18H15ClF3NO3. The van der Waals surface area contributed by atoms with Crippen molar-refractivity contribution in [3.05, 3.63) is 58.6 Å². The number of halogens is 4. The topological polar surface area (TPSA) is 49.8 Å². The number of nitrogens with zero attached hydrogens (tertiary/aromatic N) is 1. The van der Waals surface area contributed by atoms with E-state index in [1.807, 2.05) is 0 Å². The average molecular weight is 386 g/mol. The molecule has 0 saturated heterocycles. The van der Waals surface area contributed by atoms with Crippen LogP contribution in [0.1, 0.15) is 22.3 Å². The Morgan fingerprint density at radius 1 is 1.27 bits per heavy atom. The van der Waals surface area contributed by atoms with E-state index in [-0.39, 0.29) is 25.2 Å². The normalized spacial score (nSPS) is 16.8. The average Bonchev–Trinajstić information content (AvgIpc) is 2.60. The Labute approximate surface area is 152 Å². The zero-order valence-electron chi connectivity index (χ0n) is 13.5. The first-order valence-corrected chi connectivity index (χ1v) is 8.23. The molecule has 0 saturated carbocycles. The number of hydrogen-bond donors (Lipinski definition) is 1. The summed E-state index contributed by atoms with van der Waals surface area (Å²) in [5.41, 5.74) is -0.637. The maximum absolute atomic E-state index is 13.0. The number of benzene rings is 2. The van der Waals surface area contributed by atoms with E-state index in [1.165, 1.54) is 23.1 Å². The van der Waals surface area contributed by atoms with E-state index >= 15 is 0 Å². The Kier molecular flexibility index (Phi) is 5.11. The molecule has 26 heavy (non-hydrogen) atoms. The zero-order valence-corrected chi connectivity index (χ0v) is 14.2. The van der Waals surface area contributed by atoms with Gasteiger partial charge in [0.05, 0.1) is 17.3 Å². The maximum atomic E-state index is 13.0. The lowest BCUT2D eigenvalue weighted by atomic mass is 10.0. The molecule has 0 radical (unpaired) electrons. The van der Waals surface area contributed by atoms with Crippen LogP contribution in [0.15, 0.2) is 42.5 Å². The number of rotatable bonds is 3. The largest absolute Gasteiger partial charge is 0.489 e. The molecule has 1 heterocycles. The molecule has 1 aliphatic rings. The number of aliphatic hydroxyl groups excluding tert-OH is 1. The van der Waals surface area contributed by atoms with Crippen LogP contribution in [0, 0.1) is 0 Å². The van der Waals surface area contributed by atoms with Gasteiger partial charge in [0.15, 0.2) is 0 Å². The third-order valence-electron chi connectivity index (χ3n) is 4.09. The smallest absolute Gasteiger partial charge is 0.416 e. The molecule has 2 aromatic rings. The van der Waals surface area contributed by atoms with Gasteiger partial charge in [-0.2, -0.15) is 13.2 Å². The van der Waals surface area contributed by atoms with E-state index in [9.17, 15) is 23.1 Å². The van der Waals surface area contributed by atoms with Crippen LogP contribution in [0.2, 0.25) is 5.02 Å². The highest BCUT2D eigenvalue weighted by molar-refractivity contribution is 6.31. The molecule has 1 unspecified atom stereocenters. The minimum Gasteiger partial charge on any atom is -0.489 e. The summed E-state index contributed by atoms with van der Waals surface area (Å²) in [4.78, 5) is 14.4. The first-order valence-electron chi connectivity index (χ1n) is 7.85. The summed E-state index contributed by atoms with van der Waals surface area (Å²) in [5.74, 6) is -0.203. The summed E-state index contributed by atoms with van der Waals surface area (Å²) in [7, 11) is 0. The van der Waals surface area contributed by atoms with Gasteiger partial charge in [-0.25, -0.2) is 0 Å². The fourth-order valence-electron chi connectivity index (χ4n) is 2.86. The van der Waals surface area contributed by atoms with Crippen LogP contribution in [0.25, 0.3) is 0 Å². The minimum atomic E-state index is -4.55. The van der Waals surface area contributed by atoms with Gasteiger partial charge in [0.2, 0.25) is 0 Å². The number of hydrogen-bond acceptors (Lipinski definition) is 3. The summed E-state index contributed by atoms with van der Waals surface area (Å²) in [6, 6.07) is 8.44. The third kappa shape index (κ3) is 3.64. The second kappa shape index (κ2) is 7.17. The lowest BCUT2D eigenvalue weighted by molar-refractivity contribution is -0.137. The highest BCUT2D eigenvalue weighted by Gasteiger charge is 2.35. The molecule has 0 aromatic heterocycles. The van der Waals surface area contributed by atoms with E-state index in [0.717, 1.165) is 12.1 Å². The fourth-order valence-corrected chi connectivity index (χ4v) is 3.03. The lowest BCUT2D eigenvalue weighted by Crippen LogP contribution is -2.47. The Morgan fingerprint density at radius 2 is 2.04 bits per heavy atom. The molecule has 0 bridgehead atoms. The maximum Gasteiger partial charge on any atom is 0.416 e. The monoisotopic (exact) mass is 385 g/mol. The van der Waals surface area contributed by atoms with Crippen LogP contribution >= 0.6 is 11.6 Å². The number of alkyl halides is 3. The van der Waals surface area contributed by atoms with Gasteiger partial charge in [-0.15, -0.1) is 0 Å². The van der Waals surface area contributed by atoms with Crippen molar-refractivity contribution in [2.45, 2.75) is 18.6 Å². The van der Waals surface area contributed by atoms with Crippen LogP contribution < -0.4 is 9.64 Å². The number of ether oxygens (including phenoxy) is 1. The number of fused-ring (bicyclic) bond motifs is 1. The first kappa shape index (κ1) is 18.5. The van der Waals surface area contributed by atoms with Gasteiger partial charge in [0.25, 0.3) is 5.91 Å².